The molecule has 0 unspecified atom stereocenters. The second-order valence-corrected chi connectivity index (χ2v) is 6.80. The van der Waals surface area contributed by atoms with E-state index in [1.165, 1.54) is 24.3 Å². The van der Waals surface area contributed by atoms with Crippen molar-refractivity contribution in [1.29, 1.82) is 0 Å². The Morgan fingerprint density at radius 2 is 1.55 bits per heavy atom. The third kappa shape index (κ3) is 4.14. The lowest BCUT2D eigenvalue weighted by molar-refractivity contribution is -0.137. The Bertz CT molecular complexity index is 787. The van der Waals surface area contributed by atoms with Crippen LogP contribution in [0.3, 0.4) is 0 Å². The fourth-order valence-corrected chi connectivity index (χ4v) is 2.69. The quantitative estimate of drug-likeness (QED) is 0.892. The van der Waals surface area contributed by atoms with Gasteiger partial charge in [0.2, 0.25) is 10.0 Å². The molecule has 2 aromatic rings. The van der Waals surface area contributed by atoms with Crippen molar-refractivity contribution in [2.24, 2.45) is 0 Å². The van der Waals surface area contributed by atoms with Crippen LogP contribution in [0.4, 0.5) is 18.9 Å². The Labute approximate surface area is 130 Å². The molecular formula is C14H11ClF3NO2S. The van der Waals surface area contributed by atoms with Crippen LogP contribution in [0.25, 0.3) is 11.1 Å². The molecule has 0 aromatic heterocycles. The SMILES string of the molecule is CS(=O)(=O)Nc1ccc(-c2ccc(C(F)(F)F)cc2)cc1Cl. The highest BCUT2D eigenvalue weighted by Gasteiger charge is 2.29. The van der Waals surface area contributed by atoms with E-state index < -0.39 is 21.8 Å². The fraction of sp³-hybridized carbons (Fsp3) is 0.143. The molecule has 0 heterocycles. The second kappa shape index (κ2) is 5.81. The number of nitrogens with one attached hydrogen (secondary N) is 1. The standard InChI is InChI=1S/C14H11ClF3NO2S/c1-22(20,21)19-13-7-4-10(8-12(13)15)9-2-5-11(6-3-9)14(16,17)18/h2-8,19H,1H3. The summed E-state index contributed by atoms with van der Waals surface area (Å²) < 4.78 is 62.1. The van der Waals surface area contributed by atoms with Gasteiger partial charge in [-0.1, -0.05) is 29.8 Å². The summed E-state index contributed by atoms with van der Waals surface area (Å²) in [4.78, 5) is 0. The first kappa shape index (κ1) is 16.6. The van der Waals surface area contributed by atoms with E-state index in [9.17, 15) is 21.6 Å². The van der Waals surface area contributed by atoms with Gasteiger partial charge in [-0.3, -0.25) is 4.72 Å². The summed E-state index contributed by atoms with van der Waals surface area (Å²) in [5.74, 6) is 0. The van der Waals surface area contributed by atoms with E-state index >= 15 is 0 Å². The summed E-state index contributed by atoms with van der Waals surface area (Å²) in [5.41, 5.74) is 0.594. The molecule has 0 aliphatic carbocycles. The molecule has 0 bridgehead atoms. The zero-order valence-corrected chi connectivity index (χ0v) is 12.9. The number of anilines is 1. The number of benzene rings is 2. The van der Waals surface area contributed by atoms with Gasteiger partial charge in [-0.25, -0.2) is 8.42 Å². The number of hydrogen-bond acceptors (Lipinski definition) is 2. The molecule has 0 spiro atoms. The number of halogens is 4. The second-order valence-electron chi connectivity index (χ2n) is 4.64. The Morgan fingerprint density at radius 3 is 2.00 bits per heavy atom. The van der Waals surface area contributed by atoms with Gasteiger partial charge in [0.25, 0.3) is 0 Å². The smallest absolute Gasteiger partial charge is 0.282 e. The van der Waals surface area contributed by atoms with Crippen LogP contribution < -0.4 is 4.72 Å². The average Bonchev–Trinajstić information content (AvgIpc) is 2.39. The van der Waals surface area contributed by atoms with Gasteiger partial charge < -0.3 is 0 Å². The van der Waals surface area contributed by atoms with Gasteiger partial charge >= 0.3 is 6.18 Å². The number of sulfonamides is 1. The topological polar surface area (TPSA) is 46.2 Å². The fourth-order valence-electron chi connectivity index (χ4n) is 1.83. The van der Waals surface area contributed by atoms with E-state index in [4.69, 9.17) is 11.6 Å². The van der Waals surface area contributed by atoms with Crippen molar-refractivity contribution in [3.8, 4) is 11.1 Å². The maximum atomic E-state index is 12.5. The first-order valence-electron chi connectivity index (χ1n) is 6.01. The van der Waals surface area contributed by atoms with E-state index in [-0.39, 0.29) is 10.7 Å². The minimum Gasteiger partial charge on any atom is -0.282 e. The van der Waals surface area contributed by atoms with Gasteiger partial charge in [-0.15, -0.1) is 0 Å². The molecule has 0 aliphatic heterocycles. The van der Waals surface area contributed by atoms with E-state index in [1.54, 1.807) is 6.07 Å². The number of hydrogen-bond donors (Lipinski definition) is 1. The van der Waals surface area contributed by atoms with Crippen molar-refractivity contribution in [3.05, 3.63) is 53.1 Å². The lowest BCUT2D eigenvalue weighted by Gasteiger charge is -2.10. The van der Waals surface area contributed by atoms with E-state index in [0.717, 1.165) is 18.4 Å². The summed E-state index contributed by atoms with van der Waals surface area (Å²) in [6.07, 6.45) is -3.40. The Balaban J connectivity index is 2.32. The van der Waals surface area contributed by atoms with Crippen molar-refractivity contribution in [2.45, 2.75) is 6.18 Å². The van der Waals surface area contributed by atoms with Gasteiger partial charge in [0.1, 0.15) is 0 Å². The summed E-state index contributed by atoms with van der Waals surface area (Å²) in [6, 6.07) is 9.13. The number of alkyl halides is 3. The maximum Gasteiger partial charge on any atom is 0.416 e. The summed E-state index contributed by atoms with van der Waals surface area (Å²) in [7, 11) is -3.46. The number of rotatable bonds is 3. The highest BCUT2D eigenvalue weighted by Crippen LogP contribution is 2.33. The molecule has 2 aromatic carbocycles. The van der Waals surface area contributed by atoms with Crippen molar-refractivity contribution in [1.82, 2.24) is 0 Å². The van der Waals surface area contributed by atoms with Crippen molar-refractivity contribution in [2.75, 3.05) is 11.0 Å². The predicted molar refractivity (Wildman–Crippen MR) is 80.4 cm³/mol. The van der Waals surface area contributed by atoms with Crippen LogP contribution in [0.5, 0.6) is 0 Å². The van der Waals surface area contributed by atoms with Crippen LogP contribution in [0.15, 0.2) is 42.5 Å². The summed E-state index contributed by atoms with van der Waals surface area (Å²) in [6.45, 7) is 0. The summed E-state index contributed by atoms with van der Waals surface area (Å²) >= 11 is 5.98. The van der Waals surface area contributed by atoms with Crippen molar-refractivity contribution >= 4 is 27.3 Å². The van der Waals surface area contributed by atoms with Crippen LogP contribution in [-0.4, -0.2) is 14.7 Å². The minimum atomic E-state index is -4.39. The molecule has 0 saturated carbocycles. The van der Waals surface area contributed by atoms with Crippen LogP contribution >= 0.6 is 11.6 Å². The zero-order chi connectivity index (χ0) is 16.5. The maximum absolute atomic E-state index is 12.5. The molecule has 118 valence electrons. The van der Waals surface area contributed by atoms with Crippen LogP contribution in [0.2, 0.25) is 5.02 Å². The highest BCUT2D eigenvalue weighted by molar-refractivity contribution is 7.92. The molecule has 0 aliphatic rings. The van der Waals surface area contributed by atoms with Crippen molar-refractivity contribution < 1.29 is 21.6 Å². The molecule has 0 saturated heterocycles. The molecule has 2 rings (SSSR count). The first-order valence-corrected chi connectivity index (χ1v) is 8.28. The van der Waals surface area contributed by atoms with Crippen LogP contribution in [0, 0.1) is 0 Å². The molecule has 3 nitrogen and oxygen atoms in total. The monoisotopic (exact) mass is 349 g/mol. The third-order valence-electron chi connectivity index (χ3n) is 2.81. The summed E-state index contributed by atoms with van der Waals surface area (Å²) in [5, 5.41) is 0.155. The molecule has 8 heteroatoms. The Morgan fingerprint density at radius 1 is 1.00 bits per heavy atom. The van der Waals surface area contributed by atoms with Crippen molar-refractivity contribution in [3.63, 3.8) is 0 Å². The van der Waals surface area contributed by atoms with Gasteiger partial charge in [0.05, 0.1) is 22.5 Å². The average molecular weight is 350 g/mol. The third-order valence-corrected chi connectivity index (χ3v) is 3.71. The molecule has 1 N–H and O–H groups in total. The molecule has 0 fully saturated rings. The van der Waals surface area contributed by atoms with Gasteiger partial charge in [0, 0.05) is 0 Å². The van der Waals surface area contributed by atoms with Crippen LogP contribution in [0.1, 0.15) is 5.56 Å². The minimum absolute atomic E-state index is 0.155. The molecule has 0 radical (unpaired) electrons. The lowest BCUT2D eigenvalue weighted by Crippen LogP contribution is -2.09. The predicted octanol–water partition coefficient (Wildman–Crippen LogP) is 4.40. The van der Waals surface area contributed by atoms with E-state index in [0.29, 0.717) is 11.1 Å². The van der Waals surface area contributed by atoms with Gasteiger partial charge in [0.15, 0.2) is 0 Å². The molecule has 0 atom stereocenters. The molecular weight excluding hydrogens is 339 g/mol. The first-order chi connectivity index (χ1) is 10.1. The largest absolute Gasteiger partial charge is 0.416 e. The highest BCUT2D eigenvalue weighted by atomic mass is 35.5. The van der Waals surface area contributed by atoms with Crippen LogP contribution in [-0.2, 0) is 16.2 Å². The lowest BCUT2D eigenvalue weighted by atomic mass is 10.0. The normalized spacial score (nSPS) is 12.2. The van der Waals surface area contributed by atoms with E-state index in [1.807, 2.05) is 0 Å². The molecule has 0 amide bonds. The Kier molecular flexibility index (Phi) is 4.39. The molecule has 22 heavy (non-hydrogen) atoms. The van der Waals surface area contributed by atoms with Gasteiger partial charge in [-0.05, 0) is 35.4 Å². The zero-order valence-electron chi connectivity index (χ0n) is 11.3. The van der Waals surface area contributed by atoms with E-state index in [2.05, 4.69) is 4.72 Å². The Hall–Kier alpha value is -1.73. The van der Waals surface area contributed by atoms with Gasteiger partial charge in [-0.2, -0.15) is 13.2 Å².